The van der Waals surface area contributed by atoms with Crippen molar-refractivity contribution in [3.8, 4) is 0 Å². The average molecular weight is 435 g/mol. The van der Waals surface area contributed by atoms with Crippen LogP contribution in [-0.2, 0) is 17.1 Å². The molecule has 4 aromatic rings. The standard InChI is InChI=1S/C25H23F2N3O2/c1-25(26,27)22-7-6-16(14-28-22)12-17-13-21-23(20-5-3-2-4-19(17)20)29-15-30(24(21)31)18-8-10-32-11-9-18/h2-7,13-15,18H,8-12H2,1H3. The third-order valence-electron chi connectivity index (χ3n) is 6.13. The van der Waals surface area contributed by atoms with Crippen LogP contribution in [0.2, 0.25) is 0 Å². The first-order chi connectivity index (χ1) is 15.4. The minimum atomic E-state index is -2.98. The number of alkyl halides is 2. The summed E-state index contributed by atoms with van der Waals surface area (Å²) >= 11 is 0. The predicted octanol–water partition coefficient (Wildman–Crippen LogP) is 5.00. The molecule has 0 aliphatic carbocycles. The van der Waals surface area contributed by atoms with Crippen molar-refractivity contribution in [1.29, 1.82) is 0 Å². The van der Waals surface area contributed by atoms with Crippen LogP contribution in [0, 0.1) is 0 Å². The SMILES string of the molecule is CC(F)(F)c1ccc(Cc2cc3c(=O)n(C4CCOCC4)cnc3c3ccccc23)cn1. The van der Waals surface area contributed by atoms with Crippen molar-refractivity contribution in [3.05, 3.63) is 82.2 Å². The highest BCUT2D eigenvalue weighted by molar-refractivity contribution is 6.06. The Morgan fingerprint density at radius 2 is 1.81 bits per heavy atom. The number of nitrogens with zero attached hydrogens (tertiary/aromatic N) is 3. The molecular formula is C25H23F2N3O2. The van der Waals surface area contributed by atoms with Crippen molar-refractivity contribution in [1.82, 2.24) is 14.5 Å². The smallest absolute Gasteiger partial charge is 0.286 e. The van der Waals surface area contributed by atoms with Gasteiger partial charge < -0.3 is 4.74 Å². The summed E-state index contributed by atoms with van der Waals surface area (Å²) in [5.74, 6) is -2.98. The molecule has 1 aliphatic heterocycles. The summed E-state index contributed by atoms with van der Waals surface area (Å²) in [5.41, 5.74) is 2.10. The second kappa shape index (κ2) is 8.06. The molecule has 1 saturated heterocycles. The van der Waals surface area contributed by atoms with Crippen LogP contribution >= 0.6 is 0 Å². The minimum absolute atomic E-state index is 0.0620. The summed E-state index contributed by atoms with van der Waals surface area (Å²) in [4.78, 5) is 22.0. The van der Waals surface area contributed by atoms with Gasteiger partial charge >= 0.3 is 0 Å². The molecule has 0 radical (unpaired) electrons. The van der Waals surface area contributed by atoms with Gasteiger partial charge in [0.15, 0.2) is 0 Å². The Morgan fingerprint density at radius 1 is 1.06 bits per heavy atom. The number of rotatable bonds is 4. The first-order valence-corrected chi connectivity index (χ1v) is 10.7. The minimum Gasteiger partial charge on any atom is -0.381 e. The van der Waals surface area contributed by atoms with Crippen LogP contribution in [0.25, 0.3) is 21.7 Å². The van der Waals surface area contributed by atoms with Gasteiger partial charge in [-0.3, -0.25) is 14.3 Å². The average Bonchev–Trinajstić information content (AvgIpc) is 2.80. The summed E-state index contributed by atoms with van der Waals surface area (Å²) in [5, 5.41) is 2.46. The Balaban J connectivity index is 1.62. The molecule has 1 aliphatic rings. The molecule has 2 aromatic heterocycles. The van der Waals surface area contributed by atoms with Gasteiger partial charge in [-0.05, 0) is 47.9 Å². The van der Waals surface area contributed by atoms with Crippen LogP contribution in [0.5, 0.6) is 0 Å². The zero-order valence-corrected chi connectivity index (χ0v) is 17.7. The number of fused-ring (bicyclic) bond motifs is 3. The fourth-order valence-corrected chi connectivity index (χ4v) is 4.43. The van der Waals surface area contributed by atoms with Gasteiger partial charge in [0.25, 0.3) is 11.5 Å². The number of ether oxygens (including phenoxy) is 1. The summed E-state index contributed by atoms with van der Waals surface area (Å²) in [7, 11) is 0. The fourth-order valence-electron chi connectivity index (χ4n) is 4.43. The highest BCUT2D eigenvalue weighted by Gasteiger charge is 2.25. The van der Waals surface area contributed by atoms with E-state index in [9.17, 15) is 13.6 Å². The van der Waals surface area contributed by atoms with Crippen LogP contribution in [0.4, 0.5) is 8.78 Å². The Labute approximate surface area is 183 Å². The van der Waals surface area contributed by atoms with Gasteiger partial charge in [0.05, 0.1) is 17.2 Å². The largest absolute Gasteiger partial charge is 0.381 e. The van der Waals surface area contributed by atoms with Gasteiger partial charge in [0.2, 0.25) is 0 Å². The molecule has 0 amide bonds. The molecule has 0 bridgehead atoms. The molecule has 0 N–H and O–H groups in total. The highest BCUT2D eigenvalue weighted by Crippen LogP contribution is 2.29. The van der Waals surface area contributed by atoms with Crippen molar-refractivity contribution >= 4 is 21.7 Å². The lowest BCUT2D eigenvalue weighted by atomic mass is 9.96. The molecule has 2 aromatic carbocycles. The maximum Gasteiger partial charge on any atom is 0.286 e. The van der Waals surface area contributed by atoms with Gasteiger partial charge in [-0.1, -0.05) is 30.3 Å². The van der Waals surface area contributed by atoms with Gasteiger partial charge in [-0.2, -0.15) is 8.78 Å². The Bertz CT molecular complexity index is 1340. The first kappa shape index (κ1) is 20.7. The molecule has 32 heavy (non-hydrogen) atoms. The summed E-state index contributed by atoms with van der Waals surface area (Å²) in [6, 6.07) is 12.8. The zero-order valence-electron chi connectivity index (χ0n) is 17.7. The van der Waals surface area contributed by atoms with E-state index in [0.717, 1.165) is 41.7 Å². The van der Waals surface area contributed by atoms with Crippen molar-refractivity contribution in [3.63, 3.8) is 0 Å². The molecule has 3 heterocycles. The lowest BCUT2D eigenvalue weighted by molar-refractivity contribution is 0.0127. The molecule has 0 saturated carbocycles. The highest BCUT2D eigenvalue weighted by atomic mass is 19.3. The van der Waals surface area contributed by atoms with E-state index in [1.54, 1.807) is 17.0 Å². The van der Waals surface area contributed by atoms with E-state index in [0.29, 0.717) is 30.5 Å². The first-order valence-electron chi connectivity index (χ1n) is 10.7. The number of benzene rings is 2. The van der Waals surface area contributed by atoms with Gasteiger partial charge in [0, 0.05) is 37.8 Å². The second-order valence-corrected chi connectivity index (χ2v) is 8.39. The Morgan fingerprint density at radius 3 is 2.50 bits per heavy atom. The lowest BCUT2D eigenvalue weighted by Gasteiger charge is -2.24. The predicted molar refractivity (Wildman–Crippen MR) is 119 cm³/mol. The Hall–Kier alpha value is -3.19. The van der Waals surface area contributed by atoms with Crippen LogP contribution in [0.1, 0.15) is 42.6 Å². The topological polar surface area (TPSA) is 57.0 Å². The van der Waals surface area contributed by atoms with Gasteiger partial charge in [0.1, 0.15) is 5.69 Å². The van der Waals surface area contributed by atoms with E-state index in [-0.39, 0.29) is 17.3 Å². The summed E-state index contributed by atoms with van der Waals surface area (Å²) in [6.07, 6.45) is 5.18. The lowest BCUT2D eigenvalue weighted by Crippen LogP contribution is -2.29. The summed E-state index contributed by atoms with van der Waals surface area (Å²) in [6.45, 7) is 2.11. The third kappa shape index (κ3) is 3.77. The van der Waals surface area contributed by atoms with E-state index in [2.05, 4.69) is 9.97 Å². The van der Waals surface area contributed by atoms with Crippen LogP contribution in [-0.4, -0.2) is 27.7 Å². The molecule has 0 atom stereocenters. The van der Waals surface area contributed by atoms with Crippen molar-refractivity contribution < 1.29 is 13.5 Å². The quantitative estimate of drug-likeness (QED) is 0.424. The molecule has 5 nitrogen and oxygen atoms in total. The third-order valence-corrected chi connectivity index (χ3v) is 6.13. The maximum absolute atomic E-state index is 13.5. The molecule has 164 valence electrons. The number of hydrogen-bond acceptors (Lipinski definition) is 4. The second-order valence-electron chi connectivity index (χ2n) is 8.39. The monoisotopic (exact) mass is 435 g/mol. The van der Waals surface area contributed by atoms with Crippen LogP contribution in [0.3, 0.4) is 0 Å². The number of hydrogen-bond donors (Lipinski definition) is 0. The van der Waals surface area contributed by atoms with Crippen molar-refractivity contribution in [2.75, 3.05) is 13.2 Å². The normalized spacial score (nSPS) is 15.5. The van der Waals surface area contributed by atoms with E-state index in [1.165, 1.54) is 12.3 Å². The fraction of sp³-hybridized carbons (Fsp3) is 0.320. The maximum atomic E-state index is 13.5. The van der Waals surface area contributed by atoms with Gasteiger partial charge in [-0.25, -0.2) is 4.98 Å². The summed E-state index contributed by atoms with van der Waals surface area (Å²) < 4.78 is 34.2. The van der Waals surface area contributed by atoms with Crippen molar-refractivity contribution in [2.45, 2.75) is 38.2 Å². The van der Waals surface area contributed by atoms with Crippen LogP contribution < -0.4 is 5.56 Å². The van der Waals surface area contributed by atoms with E-state index < -0.39 is 5.92 Å². The van der Waals surface area contributed by atoms with E-state index in [1.807, 2.05) is 30.3 Å². The van der Waals surface area contributed by atoms with E-state index in [4.69, 9.17) is 4.74 Å². The van der Waals surface area contributed by atoms with Crippen molar-refractivity contribution in [2.24, 2.45) is 0 Å². The van der Waals surface area contributed by atoms with E-state index >= 15 is 0 Å². The molecule has 0 spiro atoms. The van der Waals surface area contributed by atoms with Gasteiger partial charge in [-0.15, -0.1) is 0 Å². The molecule has 1 fully saturated rings. The Kier molecular flexibility index (Phi) is 5.21. The molecule has 7 heteroatoms. The molecule has 5 rings (SSSR count). The number of aromatic nitrogens is 3. The number of halogens is 2. The molecular weight excluding hydrogens is 412 g/mol. The number of pyridine rings is 1. The zero-order chi connectivity index (χ0) is 22.3. The molecule has 0 unspecified atom stereocenters. The van der Waals surface area contributed by atoms with Crippen LogP contribution in [0.15, 0.2) is 59.8 Å².